The van der Waals surface area contributed by atoms with E-state index in [-0.39, 0.29) is 0 Å². The van der Waals surface area contributed by atoms with Crippen molar-refractivity contribution in [3.8, 4) is 0 Å². The van der Waals surface area contributed by atoms with Gasteiger partial charge < -0.3 is 10.6 Å². The Morgan fingerprint density at radius 3 is 2.24 bits per heavy atom. The lowest BCUT2D eigenvalue weighted by Gasteiger charge is -2.21. The van der Waals surface area contributed by atoms with Crippen molar-refractivity contribution in [3.05, 3.63) is 35.4 Å². The van der Waals surface area contributed by atoms with Gasteiger partial charge in [-0.1, -0.05) is 29.8 Å². The van der Waals surface area contributed by atoms with E-state index in [4.69, 9.17) is 0 Å². The van der Waals surface area contributed by atoms with Crippen LogP contribution in [0, 0.1) is 6.92 Å². The normalized spacial score (nSPS) is 15.9. The first-order valence-corrected chi connectivity index (χ1v) is 6.16. The summed E-state index contributed by atoms with van der Waals surface area (Å²) < 4.78 is 0. The fourth-order valence-electron chi connectivity index (χ4n) is 1.76. The van der Waals surface area contributed by atoms with Crippen molar-refractivity contribution in [2.24, 2.45) is 0 Å². The Bertz CT molecular complexity index is 315. The fourth-order valence-corrected chi connectivity index (χ4v) is 1.76. The van der Waals surface area contributed by atoms with Crippen molar-refractivity contribution in [2.75, 3.05) is 20.1 Å². The molecule has 0 unspecified atom stereocenters. The van der Waals surface area contributed by atoms with E-state index < -0.39 is 0 Å². The van der Waals surface area contributed by atoms with Crippen LogP contribution in [0.2, 0.25) is 0 Å². The van der Waals surface area contributed by atoms with Crippen molar-refractivity contribution >= 4 is 6.29 Å². The van der Waals surface area contributed by atoms with E-state index >= 15 is 0 Å². The van der Waals surface area contributed by atoms with Crippen molar-refractivity contribution < 1.29 is 4.79 Å². The van der Waals surface area contributed by atoms with Gasteiger partial charge in [0.15, 0.2) is 0 Å². The largest absolute Gasteiger partial charge is 0.317 e. The number of rotatable bonds is 2. The van der Waals surface area contributed by atoms with Crippen LogP contribution in [0.25, 0.3) is 0 Å². The molecule has 1 fully saturated rings. The summed E-state index contributed by atoms with van der Waals surface area (Å²) in [5.74, 6) is 0. The summed E-state index contributed by atoms with van der Waals surface area (Å²) >= 11 is 0. The number of hydrogen-bond donors (Lipinski definition) is 2. The summed E-state index contributed by atoms with van der Waals surface area (Å²) in [6.07, 6.45) is 3.42. The molecule has 3 nitrogen and oxygen atoms in total. The molecule has 17 heavy (non-hydrogen) atoms. The Morgan fingerprint density at radius 2 is 1.82 bits per heavy atom. The quantitative estimate of drug-likeness (QED) is 0.766. The van der Waals surface area contributed by atoms with Crippen molar-refractivity contribution in [3.63, 3.8) is 0 Å². The third kappa shape index (κ3) is 5.61. The molecule has 1 aromatic carbocycles. The van der Waals surface area contributed by atoms with Gasteiger partial charge in [0.25, 0.3) is 0 Å². The molecule has 1 heterocycles. The Balaban J connectivity index is 0.000000171. The van der Waals surface area contributed by atoms with E-state index in [1.54, 1.807) is 0 Å². The molecule has 0 radical (unpaired) electrons. The molecule has 0 saturated carbocycles. The lowest BCUT2D eigenvalue weighted by atomic mass is 10.1. The zero-order chi connectivity index (χ0) is 12.5. The van der Waals surface area contributed by atoms with Crippen LogP contribution >= 0.6 is 0 Å². The second kappa shape index (κ2) is 7.98. The van der Waals surface area contributed by atoms with E-state index in [0.29, 0.717) is 0 Å². The minimum Gasteiger partial charge on any atom is -0.317 e. The second-order valence-electron chi connectivity index (χ2n) is 4.34. The standard InChI is InChI=1S/C8H8O.C6H14N2/c1-7-2-4-8(6-9)5-3-7;1-7-6-2-4-8-5-3-6/h2-6H,1H3;6-8H,2-5H2,1H3. The number of nitrogens with one attached hydrogen (secondary N) is 2. The fraction of sp³-hybridized carbons (Fsp3) is 0.500. The molecule has 0 spiro atoms. The number of piperidine rings is 1. The second-order valence-corrected chi connectivity index (χ2v) is 4.34. The predicted octanol–water partition coefficient (Wildman–Crippen LogP) is 1.77. The molecular formula is C14H22N2O. The molecule has 94 valence electrons. The molecule has 3 heteroatoms. The molecule has 1 aromatic rings. The highest BCUT2D eigenvalue weighted by molar-refractivity contribution is 5.74. The van der Waals surface area contributed by atoms with Crippen LogP contribution in [0.15, 0.2) is 24.3 Å². The average molecular weight is 234 g/mol. The molecular weight excluding hydrogens is 212 g/mol. The molecule has 2 N–H and O–H groups in total. The summed E-state index contributed by atoms with van der Waals surface area (Å²) in [7, 11) is 2.04. The monoisotopic (exact) mass is 234 g/mol. The van der Waals surface area contributed by atoms with E-state index in [2.05, 4.69) is 10.6 Å². The highest BCUT2D eigenvalue weighted by Crippen LogP contribution is 1.99. The Hall–Kier alpha value is -1.19. The van der Waals surface area contributed by atoms with Crippen molar-refractivity contribution in [1.82, 2.24) is 10.6 Å². The molecule has 1 aliphatic heterocycles. The highest BCUT2D eigenvalue weighted by atomic mass is 16.1. The maximum absolute atomic E-state index is 10.1. The van der Waals surface area contributed by atoms with Gasteiger partial charge in [0, 0.05) is 11.6 Å². The Kier molecular flexibility index (Phi) is 6.51. The first kappa shape index (κ1) is 13.9. The van der Waals surface area contributed by atoms with E-state index in [1.165, 1.54) is 31.5 Å². The van der Waals surface area contributed by atoms with Gasteiger partial charge in [-0.3, -0.25) is 4.79 Å². The third-order valence-corrected chi connectivity index (χ3v) is 2.96. The molecule has 2 rings (SSSR count). The topological polar surface area (TPSA) is 41.1 Å². The zero-order valence-corrected chi connectivity index (χ0v) is 10.7. The lowest BCUT2D eigenvalue weighted by Crippen LogP contribution is -2.37. The van der Waals surface area contributed by atoms with Gasteiger partial charge in [-0.05, 0) is 39.9 Å². The van der Waals surface area contributed by atoms with Gasteiger partial charge >= 0.3 is 0 Å². The Morgan fingerprint density at radius 1 is 1.24 bits per heavy atom. The maximum atomic E-state index is 10.1. The smallest absolute Gasteiger partial charge is 0.150 e. The number of aldehydes is 1. The van der Waals surface area contributed by atoms with E-state index in [1.807, 2.05) is 38.2 Å². The van der Waals surface area contributed by atoms with Crippen LogP contribution in [0.3, 0.4) is 0 Å². The van der Waals surface area contributed by atoms with Crippen molar-refractivity contribution in [2.45, 2.75) is 25.8 Å². The molecule has 0 aromatic heterocycles. The van der Waals surface area contributed by atoms with Crippen LogP contribution in [0.5, 0.6) is 0 Å². The van der Waals surface area contributed by atoms with Crippen LogP contribution in [0.4, 0.5) is 0 Å². The number of benzene rings is 1. The summed E-state index contributed by atoms with van der Waals surface area (Å²) in [6, 6.07) is 8.23. The minimum absolute atomic E-state index is 0.737. The third-order valence-electron chi connectivity index (χ3n) is 2.96. The summed E-state index contributed by atoms with van der Waals surface area (Å²) in [4.78, 5) is 10.1. The van der Waals surface area contributed by atoms with E-state index in [0.717, 1.165) is 17.9 Å². The van der Waals surface area contributed by atoms with E-state index in [9.17, 15) is 4.79 Å². The molecule has 0 aliphatic carbocycles. The van der Waals surface area contributed by atoms with Crippen LogP contribution in [0.1, 0.15) is 28.8 Å². The minimum atomic E-state index is 0.737. The van der Waals surface area contributed by atoms with Crippen molar-refractivity contribution in [1.29, 1.82) is 0 Å². The van der Waals surface area contributed by atoms with Gasteiger partial charge in [0.1, 0.15) is 6.29 Å². The molecule has 1 saturated heterocycles. The molecule has 0 atom stereocenters. The SMILES string of the molecule is CNC1CCNCC1.Cc1ccc(C=O)cc1. The summed E-state index contributed by atoms with van der Waals surface area (Å²) in [5.41, 5.74) is 1.92. The van der Waals surface area contributed by atoms with Crippen LogP contribution < -0.4 is 10.6 Å². The van der Waals surface area contributed by atoms with Crippen LogP contribution in [-0.4, -0.2) is 32.5 Å². The maximum Gasteiger partial charge on any atom is 0.150 e. The molecule has 1 aliphatic rings. The average Bonchev–Trinajstić information content (AvgIpc) is 2.41. The first-order valence-electron chi connectivity index (χ1n) is 6.16. The van der Waals surface area contributed by atoms with Gasteiger partial charge in [-0.2, -0.15) is 0 Å². The molecule has 0 amide bonds. The predicted molar refractivity (Wildman–Crippen MR) is 71.5 cm³/mol. The number of carbonyl (C=O) groups excluding carboxylic acids is 1. The van der Waals surface area contributed by atoms with Crippen LogP contribution in [-0.2, 0) is 0 Å². The zero-order valence-electron chi connectivity index (χ0n) is 10.7. The Labute approximate surface area is 104 Å². The highest BCUT2D eigenvalue weighted by Gasteiger charge is 2.08. The van der Waals surface area contributed by atoms with Gasteiger partial charge in [0.2, 0.25) is 0 Å². The van der Waals surface area contributed by atoms with Gasteiger partial charge in [-0.25, -0.2) is 0 Å². The summed E-state index contributed by atoms with van der Waals surface area (Å²) in [6.45, 7) is 4.37. The number of aryl methyl sites for hydroxylation is 1. The summed E-state index contributed by atoms with van der Waals surface area (Å²) in [5, 5.41) is 6.57. The molecule has 0 bridgehead atoms. The van der Waals surface area contributed by atoms with Gasteiger partial charge in [0.05, 0.1) is 0 Å². The number of carbonyl (C=O) groups is 1. The number of hydrogen-bond acceptors (Lipinski definition) is 3. The van der Waals surface area contributed by atoms with Gasteiger partial charge in [-0.15, -0.1) is 0 Å². The lowest BCUT2D eigenvalue weighted by molar-refractivity contribution is 0.112. The first-order chi connectivity index (χ1) is 8.26.